The molecule has 0 spiro atoms. The molecule has 1 aromatic carbocycles. The average molecular weight is 357 g/mol. The van der Waals surface area contributed by atoms with Gasteiger partial charge in [0, 0.05) is 11.4 Å². The third-order valence-corrected chi connectivity index (χ3v) is 4.98. The lowest BCUT2D eigenvalue weighted by Crippen LogP contribution is -2.28. The van der Waals surface area contributed by atoms with E-state index in [-0.39, 0.29) is 11.9 Å². The predicted octanol–water partition coefficient (Wildman–Crippen LogP) is 4.17. The molecule has 0 radical (unpaired) electrons. The molecule has 1 heterocycles. The number of carboxylic acids is 1. The summed E-state index contributed by atoms with van der Waals surface area (Å²) >= 11 is 0. The molecule has 1 aromatic heterocycles. The van der Waals surface area contributed by atoms with Crippen LogP contribution in [0.25, 0.3) is 0 Å². The lowest BCUT2D eigenvalue weighted by Gasteiger charge is -2.20. The summed E-state index contributed by atoms with van der Waals surface area (Å²) < 4.78 is 1.91. The topological polar surface area (TPSA) is 84.2 Å². The maximum Gasteiger partial charge on any atom is 0.313 e. The first kappa shape index (κ1) is 19.7. The van der Waals surface area contributed by atoms with Gasteiger partial charge in [-0.2, -0.15) is 5.10 Å². The van der Waals surface area contributed by atoms with Crippen molar-refractivity contribution in [2.75, 3.05) is 5.32 Å². The van der Waals surface area contributed by atoms with Crippen LogP contribution in [0.5, 0.6) is 0 Å². The predicted molar refractivity (Wildman–Crippen MR) is 102 cm³/mol. The zero-order valence-corrected chi connectivity index (χ0v) is 16.0. The third-order valence-electron chi connectivity index (χ3n) is 4.98. The van der Waals surface area contributed by atoms with Crippen LogP contribution in [-0.2, 0) is 10.2 Å². The van der Waals surface area contributed by atoms with Crippen LogP contribution >= 0.6 is 0 Å². The number of amides is 1. The summed E-state index contributed by atoms with van der Waals surface area (Å²) in [6, 6.07) is 7.18. The Labute approximate surface area is 154 Å². The van der Waals surface area contributed by atoms with Gasteiger partial charge in [0.2, 0.25) is 0 Å². The molecule has 0 atom stereocenters. The van der Waals surface area contributed by atoms with Gasteiger partial charge in [0.25, 0.3) is 5.91 Å². The van der Waals surface area contributed by atoms with E-state index < -0.39 is 11.4 Å². The Morgan fingerprint density at radius 2 is 1.77 bits per heavy atom. The van der Waals surface area contributed by atoms with E-state index in [2.05, 4.69) is 24.3 Å². The fraction of sp³-hybridized carbons (Fsp3) is 0.450. The fourth-order valence-electron chi connectivity index (χ4n) is 2.94. The second kappa shape index (κ2) is 7.72. The number of hydrogen-bond donors (Lipinski definition) is 2. The fourth-order valence-corrected chi connectivity index (χ4v) is 2.94. The van der Waals surface area contributed by atoms with Crippen molar-refractivity contribution >= 4 is 17.6 Å². The first-order chi connectivity index (χ1) is 12.2. The summed E-state index contributed by atoms with van der Waals surface area (Å²) in [4.78, 5) is 23.9. The minimum Gasteiger partial charge on any atom is -0.481 e. The highest BCUT2D eigenvalue weighted by Crippen LogP contribution is 2.25. The smallest absolute Gasteiger partial charge is 0.313 e. The van der Waals surface area contributed by atoms with Gasteiger partial charge in [-0.05, 0) is 51.3 Å². The van der Waals surface area contributed by atoms with E-state index >= 15 is 0 Å². The summed E-state index contributed by atoms with van der Waals surface area (Å²) in [6.07, 6.45) is 3.52. The van der Waals surface area contributed by atoms with Gasteiger partial charge in [-0.15, -0.1) is 0 Å². The van der Waals surface area contributed by atoms with Crippen molar-refractivity contribution in [1.29, 1.82) is 0 Å². The standard InChI is InChI=1S/C20H27N3O3/c1-6-16(7-2)23-13(3)17(12-21-23)18(24)22-15-10-8-14(9-11-15)20(4,5)19(25)26/h8-12,16H,6-7H2,1-5H3,(H,22,24)(H,25,26). The Bertz CT molecular complexity index is 787. The normalized spacial score (nSPS) is 11.6. The highest BCUT2D eigenvalue weighted by molar-refractivity contribution is 6.04. The van der Waals surface area contributed by atoms with Gasteiger partial charge in [-0.25, -0.2) is 0 Å². The van der Waals surface area contributed by atoms with Crippen molar-refractivity contribution in [1.82, 2.24) is 9.78 Å². The van der Waals surface area contributed by atoms with Crippen LogP contribution in [-0.4, -0.2) is 26.8 Å². The van der Waals surface area contributed by atoms with Crippen molar-refractivity contribution < 1.29 is 14.7 Å². The molecule has 0 aliphatic heterocycles. The molecule has 0 aliphatic carbocycles. The van der Waals surface area contributed by atoms with Crippen molar-refractivity contribution in [2.45, 2.75) is 58.9 Å². The van der Waals surface area contributed by atoms with Crippen LogP contribution in [0.4, 0.5) is 5.69 Å². The van der Waals surface area contributed by atoms with Gasteiger partial charge in [-0.1, -0.05) is 26.0 Å². The molecule has 0 aliphatic rings. The van der Waals surface area contributed by atoms with Gasteiger partial charge < -0.3 is 10.4 Å². The minimum atomic E-state index is -0.977. The van der Waals surface area contributed by atoms with Crippen molar-refractivity contribution in [3.63, 3.8) is 0 Å². The van der Waals surface area contributed by atoms with Crippen molar-refractivity contribution in [2.24, 2.45) is 0 Å². The molecule has 0 fully saturated rings. The molecular weight excluding hydrogens is 330 g/mol. The zero-order valence-electron chi connectivity index (χ0n) is 16.0. The van der Waals surface area contributed by atoms with Crippen LogP contribution in [0.1, 0.15) is 68.2 Å². The molecule has 6 nitrogen and oxygen atoms in total. The molecule has 0 saturated carbocycles. The van der Waals surface area contributed by atoms with Gasteiger partial charge in [0.05, 0.1) is 23.2 Å². The van der Waals surface area contributed by atoms with E-state index in [1.54, 1.807) is 44.3 Å². The van der Waals surface area contributed by atoms with Gasteiger partial charge >= 0.3 is 5.97 Å². The lowest BCUT2D eigenvalue weighted by atomic mass is 9.85. The second-order valence-corrected chi connectivity index (χ2v) is 7.02. The molecule has 2 aromatic rings. The number of anilines is 1. The summed E-state index contributed by atoms with van der Waals surface area (Å²) in [5.41, 5.74) is 1.72. The summed E-state index contributed by atoms with van der Waals surface area (Å²) in [7, 11) is 0. The number of nitrogens with one attached hydrogen (secondary N) is 1. The van der Waals surface area contributed by atoms with E-state index in [4.69, 9.17) is 0 Å². The Morgan fingerprint density at radius 1 is 1.19 bits per heavy atom. The van der Waals surface area contributed by atoms with Crippen LogP contribution < -0.4 is 5.32 Å². The lowest BCUT2D eigenvalue weighted by molar-refractivity contribution is -0.142. The number of nitrogens with zero attached hydrogens (tertiary/aromatic N) is 2. The van der Waals surface area contributed by atoms with Gasteiger partial charge in [0.15, 0.2) is 0 Å². The van der Waals surface area contributed by atoms with Crippen LogP contribution in [0.3, 0.4) is 0 Å². The first-order valence-corrected chi connectivity index (χ1v) is 8.91. The first-order valence-electron chi connectivity index (χ1n) is 8.91. The molecule has 1 amide bonds. The van der Waals surface area contributed by atoms with Crippen molar-refractivity contribution in [3.8, 4) is 0 Å². The Hall–Kier alpha value is -2.63. The number of aliphatic carboxylic acids is 1. The molecular formula is C20H27N3O3. The summed E-state index contributed by atoms with van der Waals surface area (Å²) in [6.45, 7) is 9.42. The minimum absolute atomic E-state index is 0.218. The average Bonchev–Trinajstić information content (AvgIpc) is 2.98. The van der Waals surface area contributed by atoms with Gasteiger partial charge in [-0.3, -0.25) is 14.3 Å². The number of hydrogen-bond acceptors (Lipinski definition) is 3. The second-order valence-electron chi connectivity index (χ2n) is 7.02. The molecule has 0 unspecified atom stereocenters. The van der Waals surface area contributed by atoms with E-state index in [0.29, 0.717) is 16.8 Å². The largest absolute Gasteiger partial charge is 0.481 e. The Kier molecular flexibility index (Phi) is 5.85. The number of benzene rings is 1. The highest BCUT2D eigenvalue weighted by atomic mass is 16.4. The number of aromatic nitrogens is 2. The number of carboxylic acid groups (broad SMARTS) is 1. The van der Waals surface area contributed by atoms with E-state index in [1.165, 1.54) is 0 Å². The Balaban J connectivity index is 2.17. The molecule has 0 saturated heterocycles. The summed E-state index contributed by atoms with van der Waals surface area (Å²) in [5.74, 6) is -1.11. The number of carbonyl (C=O) groups excluding carboxylic acids is 1. The third kappa shape index (κ3) is 3.79. The molecule has 6 heteroatoms. The van der Waals surface area contributed by atoms with Crippen LogP contribution in [0.15, 0.2) is 30.5 Å². The van der Waals surface area contributed by atoms with Gasteiger partial charge in [0.1, 0.15) is 0 Å². The van der Waals surface area contributed by atoms with Crippen LogP contribution in [0.2, 0.25) is 0 Å². The molecule has 2 N–H and O–H groups in total. The number of rotatable bonds is 7. The maximum atomic E-state index is 12.6. The molecule has 26 heavy (non-hydrogen) atoms. The van der Waals surface area contributed by atoms with Crippen LogP contribution in [0, 0.1) is 6.92 Å². The molecule has 0 bridgehead atoms. The van der Waals surface area contributed by atoms with E-state index in [0.717, 1.165) is 18.5 Å². The molecule has 140 valence electrons. The number of carbonyl (C=O) groups is 2. The van der Waals surface area contributed by atoms with Crippen molar-refractivity contribution in [3.05, 3.63) is 47.3 Å². The Morgan fingerprint density at radius 3 is 2.27 bits per heavy atom. The van der Waals surface area contributed by atoms with E-state index in [1.807, 2.05) is 11.6 Å². The zero-order chi connectivity index (χ0) is 19.5. The monoisotopic (exact) mass is 357 g/mol. The van der Waals surface area contributed by atoms with E-state index in [9.17, 15) is 14.7 Å². The quantitative estimate of drug-likeness (QED) is 0.779. The summed E-state index contributed by atoms with van der Waals surface area (Å²) in [5, 5.41) is 16.5. The highest BCUT2D eigenvalue weighted by Gasteiger charge is 2.29. The molecule has 2 rings (SSSR count). The maximum absolute atomic E-state index is 12.6. The SMILES string of the molecule is CCC(CC)n1ncc(C(=O)Nc2ccc(C(C)(C)C(=O)O)cc2)c1C.